The first kappa shape index (κ1) is 13.1. The molecule has 1 N–H and O–H groups in total. The second-order valence-electron chi connectivity index (χ2n) is 4.36. The third-order valence-corrected chi connectivity index (χ3v) is 2.98. The van der Waals surface area contributed by atoms with Crippen molar-refractivity contribution in [2.45, 2.75) is 12.8 Å². The molecule has 0 saturated heterocycles. The molecule has 2 rings (SSSR count). The van der Waals surface area contributed by atoms with Crippen LogP contribution in [-0.4, -0.2) is 11.1 Å². The van der Waals surface area contributed by atoms with Gasteiger partial charge in [0.15, 0.2) is 0 Å². The zero-order valence-corrected chi connectivity index (χ0v) is 10.3. The molecule has 19 heavy (non-hydrogen) atoms. The molecular weight excluding hydrogens is 244 g/mol. The number of rotatable bonds is 5. The topological polar surface area (TPSA) is 67.5 Å². The molecule has 0 amide bonds. The minimum Gasteiger partial charge on any atom is -0.481 e. The zero-order chi connectivity index (χ0) is 13.8. The van der Waals surface area contributed by atoms with Gasteiger partial charge in [0.25, 0.3) is 0 Å². The van der Waals surface area contributed by atoms with Crippen LogP contribution in [-0.2, 0) is 11.2 Å². The minimum atomic E-state index is -0.938. The molecule has 0 spiro atoms. The van der Waals surface area contributed by atoms with E-state index in [1.165, 1.54) is 0 Å². The number of carboxylic acid groups (broad SMARTS) is 1. The number of fused-ring (bicyclic) bond motifs is 1. The lowest BCUT2D eigenvalue weighted by molar-refractivity contribution is -0.141. The molecule has 0 aliphatic carbocycles. The van der Waals surface area contributed by atoms with E-state index in [4.69, 9.17) is 9.52 Å². The van der Waals surface area contributed by atoms with E-state index in [9.17, 15) is 9.59 Å². The maximum Gasteiger partial charge on any atom is 0.339 e. The molecule has 2 aromatic rings. The van der Waals surface area contributed by atoms with Crippen molar-refractivity contribution in [3.05, 3.63) is 59.0 Å². The molecule has 0 radical (unpaired) electrons. The summed E-state index contributed by atoms with van der Waals surface area (Å²) in [6.07, 6.45) is 2.01. The van der Waals surface area contributed by atoms with E-state index in [0.29, 0.717) is 17.6 Å². The normalized spacial score (nSPS) is 12.2. The number of hydrogen-bond donors (Lipinski definition) is 1. The van der Waals surface area contributed by atoms with Gasteiger partial charge < -0.3 is 9.52 Å². The third-order valence-electron chi connectivity index (χ3n) is 2.98. The largest absolute Gasteiger partial charge is 0.481 e. The van der Waals surface area contributed by atoms with Crippen LogP contribution in [0.25, 0.3) is 11.0 Å². The van der Waals surface area contributed by atoms with Gasteiger partial charge in [-0.3, -0.25) is 4.79 Å². The Labute approximate surface area is 110 Å². The fraction of sp³-hybridized carbons (Fsp3) is 0.200. The molecule has 0 bridgehead atoms. The molecule has 1 aromatic heterocycles. The van der Waals surface area contributed by atoms with E-state index in [1.54, 1.807) is 24.3 Å². The molecular formula is C15H14O4. The second-order valence-corrected chi connectivity index (χ2v) is 4.36. The van der Waals surface area contributed by atoms with E-state index in [1.807, 2.05) is 12.1 Å². The summed E-state index contributed by atoms with van der Waals surface area (Å²) in [5.74, 6) is -1.59. The van der Waals surface area contributed by atoms with Crippen LogP contribution in [0, 0.1) is 5.92 Å². The van der Waals surface area contributed by atoms with Gasteiger partial charge in [0, 0.05) is 10.9 Å². The van der Waals surface area contributed by atoms with Crippen LogP contribution in [0.1, 0.15) is 12.0 Å². The number of allylic oxidation sites excluding steroid dienone is 1. The Kier molecular flexibility index (Phi) is 3.80. The molecule has 0 saturated carbocycles. The number of carboxylic acids is 1. The molecule has 0 fully saturated rings. The van der Waals surface area contributed by atoms with Gasteiger partial charge in [-0.2, -0.15) is 0 Å². The Morgan fingerprint density at radius 3 is 2.84 bits per heavy atom. The average molecular weight is 258 g/mol. The Morgan fingerprint density at radius 2 is 2.16 bits per heavy atom. The highest BCUT2D eigenvalue weighted by atomic mass is 16.4. The van der Waals surface area contributed by atoms with Crippen molar-refractivity contribution in [3.63, 3.8) is 0 Å². The SMILES string of the molecule is C=CCC(Cc1cc2ccccc2oc1=O)C(=O)O. The van der Waals surface area contributed by atoms with Crippen molar-refractivity contribution >= 4 is 16.9 Å². The Bertz CT molecular complexity index is 669. The molecule has 1 aromatic carbocycles. The quantitative estimate of drug-likeness (QED) is 0.661. The van der Waals surface area contributed by atoms with Crippen LogP contribution in [0.5, 0.6) is 0 Å². The van der Waals surface area contributed by atoms with Gasteiger partial charge in [-0.05, 0) is 25.0 Å². The van der Waals surface area contributed by atoms with E-state index in [2.05, 4.69) is 6.58 Å². The molecule has 4 nitrogen and oxygen atoms in total. The average Bonchev–Trinajstić information content (AvgIpc) is 2.38. The molecule has 1 atom stereocenters. The van der Waals surface area contributed by atoms with Gasteiger partial charge in [-0.1, -0.05) is 24.3 Å². The van der Waals surface area contributed by atoms with Crippen LogP contribution in [0.3, 0.4) is 0 Å². The molecule has 1 unspecified atom stereocenters. The van der Waals surface area contributed by atoms with Gasteiger partial charge in [-0.25, -0.2) is 4.79 Å². The second kappa shape index (κ2) is 5.52. The smallest absolute Gasteiger partial charge is 0.339 e. The highest BCUT2D eigenvalue weighted by molar-refractivity contribution is 5.77. The van der Waals surface area contributed by atoms with Crippen molar-refractivity contribution in [1.29, 1.82) is 0 Å². The fourth-order valence-corrected chi connectivity index (χ4v) is 1.99. The highest BCUT2D eigenvalue weighted by Crippen LogP contribution is 2.16. The Balaban J connectivity index is 2.39. The van der Waals surface area contributed by atoms with E-state index in [0.717, 1.165) is 5.39 Å². The standard InChI is InChI=1S/C15H14O4/c1-2-5-11(14(16)17)9-12-8-10-6-3-4-7-13(10)19-15(12)18/h2-4,6-8,11H,1,5,9H2,(H,16,17). The number of aliphatic carboxylic acids is 1. The third kappa shape index (κ3) is 2.91. The van der Waals surface area contributed by atoms with E-state index >= 15 is 0 Å². The van der Waals surface area contributed by atoms with Gasteiger partial charge in [-0.15, -0.1) is 6.58 Å². The summed E-state index contributed by atoms with van der Waals surface area (Å²) in [5.41, 5.74) is 0.411. The van der Waals surface area contributed by atoms with Crippen LogP contribution >= 0.6 is 0 Å². The molecule has 1 heterocycles. The fourth-order valence-electron chi connectivity index (χ4n) is 1.99. The molecule has 98 valence electrons. The molecule has 0 aliphatic rings. The van der Waals surface area contributed by atoms with Crippen molar-refractivity contribution in [3.8, 4) is 0 Å². The van der Waals surface area contributed by atoms with Crippen LogP contribution in [0.15, 0.2) is 52.2 Å². The number of benzene rings is 1. The summed E-state index contributed by atoms with van der Waals surface area (Å²) in [7, 11) is 0. The lowest BCUT2D eigenvalue weighted by Gasteiger charge is -2.09. The summed E-state index contributed by atoms with van der Waals surface area (Å²) in [5, 5.41) is 9.88. The van der Waals surface area contributed by atoms with Crippen LogP contribution in [0.2, 0.25) is 0 Å². The first-order chi connectivity index (χ1) is 9.11. The van der Waals surface area contributed by atoms with E-state index in [-0.39, 0.29) is 6.42 Å². The highest BCUT2D eigenvalue weighted by Gasteiger charge is 2.18. The number of para-hydroxylation sites is 1. The summed E-state index contributed by atoms with van der Waals surface area (Å²) < 4.78 is 5.18. The zero-order valence-electron chi connectivity index (χ0n) is 10.3. The number of hydrogen-bond acceptors (Lipinski definition) is 3. The minimum absolute atomic E-state index is 0.147. The van der Waals surface area contributed by atoms with Crippen LogP contribution in [0.4, 0.5) is 0 Å². The maximum atomic E-state index is 11.8. The monoisotopic (exact) mass is 258 g/mol. The molecule has 4 heteroatoms. The van der Waals surface area contributed by atoms with Crippen molar-refractivity contribution in [2.24, 2.45) is 5.92 Å². The van der Waals surface area contributed by atoms with Gasteiger partial charge in [0.1, 0.15) is 5.58 Å². The lowest BCUT2D eigenvalue weighted by Crippen LogP contribution is -2.19. The number of carbonyl (C=O) groups is 1. The van der Waals surface area contributed by atoms with Crippen molar-refractivity contribution in [2.75, 3.05) is 0 Å². The first-order valence-electron chi connectivity index (χ1n) is 5.97. The van der Waals surface area contributed by atoms with Crippen LogP contribution < -0.4 is 5.63 Å². The Hall–Kier alpha value is -2.36. The van der Waals surface area contributed by atoms with Gasteiger partial charge in [0.2, 0.25) is 0 Å². The summed E-state index contributed by atoms with van der Waals surface area (Å²) in [4.78, 5) is 22.9. The summed E-state index contributed by atoms with van der Waals surface area (Å²) in [6, 6.07) is 8.84. The summed E-state index contributed by atoms with van der Waals surface area (Å²) >= 11 is 0. The van der Waals surface area contributed by atoms with E-state index < -0.39 is 17.5 Å². The van der Waals surface area contributed by atoms with Crippen molar-refractivity contribution < 1.29 is 14.3 Å². The predicted octanol–water partition coefficient (Wildman–Crippen LogP) is 2.61. The Morgan fingerprint density at radius 1 is 1.42 bits per heavy atom. The molecule has 0 aliphatic heterocycles. The first-order valence-corrected chi connectivity index (χ1v) is 5.97. The van der Waals surface area contributed by atoms with Gasteiger partial charge in [0.05, 0.1) is 5.92 Å². The lowest BCUT2D eigenvalue weighted by atomic mass is 9.97. The maximum absolute atomic E-state index is 11.8. The van der Waals surface area contributed by atoms with Gasteiger partial charge >= 0.3 is 11.6 Å². The summed E-state index contributed by atoms with van der Waals surface area (Å²) in [6.45, 7) is 3.53. The predicted molar refractivity (Wildman–Crippen MR) is 72.1 cm³/mol. The van der Waals surface area contributed by atoms with Crippen molar-refractivity contribution in [1.82, 2.24) is 0 Å².